The summed E-state index contributed by atoms with van der Waals surface area (Å²) in [7, 11) is 0. The van der Waals surface area contributed by atoms with E-state index in [1.54, 1.807) is 18.2 Å². The van der Waals surface area contributed by atoms with Gasteiger partial charge >= 0.3 is 12.2 Å². The highest BCUT2D eigenvalue weighted by molar-refractivity contribution is 6.43. The van der Waals surface area contributed by atoms with Gasteiger partial charge in [0.1, 0.15) is 6.10 Å². The van der Waals surface area contributed by atoms with Gasteiger partial charge in [-0.05, 0) is 30.3 Å². The predicted molar refractivity (Wildman–Crippen MR) is 107 cm³/mol. The lowest BCUT2D eigenvalue weighted by Crippen LogP contribution is -2.39. The van der Waals surface area contributed by atoms with Crippen LogP contribution >= 0.6 is 23.2 Å². The van der Waals surface area contributed by atoms with Gasteiger partial charge in [0, 0.05) is 0 Å². The SMILES string of the molecule is FC(F)(F)c1ccc2nc(-c3nnc(OC4COC4)n3-c3cccc(Cl)c3Cl)[nH]c2c1. The quantitative estimate of drug-likeness (QED) is 0.459. The third-order valence-electron chi connectivity index (χ3n) is 4.71. The summed E-state index contributed by atoms with van der Waals surface area (Å²) in [5.41, 5.74) is 0.181. The fourth-order valence-electron chi connectivity index (χ4n) is 3.10. The topological polar surface area (TPSA) is 77.9 Å². The van der Waals surface area contributed by atoms with E-state index in [9.17, 15) is 13.2 Å². The first kappa shape index (κ1) is 20.1. The number of H-pyrrole nitrogens is 1. The van der Waals surface area contributed by atoms with Crippen LogP contribution in [0.1, 0.15) is 5.56 Å². The average Bonchev–Trinajstić information content (AvgIpc) is 3.29. The number of benzene rings is 2. The molecule has 1 saturated heterocycles. The Labute approximate surface area is 182 Å². The lowest BCUT2D eigenvalue weighted by Gasteiger charge is -2.26. The smallest absolute Gasteiger partial charge is 0.416 e. The molecule has 160 valence electrons. The van der Waals surface area contributed by atoms with Crippen LogP contribution in [0.3, 0.4) is 0 Å². The fourth-order valence-corrected chi connectivity index (χ4v) is 3.49. The van der Waals surface area contributed by atoms with Crippen molar-refractivity contribution in [2.24, 2.45) is 0 Å². The van der Waals surface area contributed by atoms with E-state index in [0.29, 0.717) is 29.4 Å². The maximum Gasteiger partial charge on any atom is 0.416 e. The van der Waals surface area contributed by atoms with Crippen LogP contribution in [0.4, 0.5) is 13.2 Å². The van der Waals surface area contributed by atoms with Gasteiger partial charge in [0.05, 0.1) is 45.5 Å². The molecule has 0 saturated carbocycles. The highest BCUT2D eigenvalue weighted by Gasteiger charge is 2.31. The number of alkyl halides is 3. The number of rotatable bonds is 4. The van der Waals surface area contributed by atoms with Crippen molar-refractivity contribution in [2.75, 3.05) is 13.2 Å². The van der Waals surface area contributed by atoms with Crippen molar-refractivity contribution in [1.29, 1.82) is 0 Å². The summed E-state index contributed by atoms with van der Waals surface area (Å²) in [6, 6.07) is 8.38. The van der Waals surface area contributed by atoms with Gasteiger partial charge in [-0.3, -0.25) is 0 Å². The first-order valence-electron chi connectivity index (χ1n) is 9.03. The molecule has 0 unspecified atom stereocenters. The zero-order chi connectivity index (χ0) is 21.8. The summed E-state index contributed by atoms with van der Waals surface area (Å²) in [6.07, 6.45) is -4.68. The maximum absolute atomic E-state index is 13.1. The molecule has 1 N–H and O–H groups in total. The molecule has 0 bridgehead atoms. The van der Waals surface area contributed by atoms with Gasteiger partial charge in [-0.25, -0.2) is 9.55 Å². The number of aromatic amines is 1. The molecule has 1 fully saturated rings. The minimum absolute atomic E-state index is 0.129. The molecule has 0 aliphatic carbocycles. The van der Waals surface area contributed by atoms with Crippen LogP contribution in [0.5, 0.6) is 6.01 Å². The van der Waals surface area contributed by atoms with Gasteiger partial charge in [0.15, 0.2) is 5.82 Å². The van der Waals surface area contributed by atoms with Gasteiger partial charge in [-0.1, -0.05) is 34.4 Å². The molecule has 7 nitrogen and oxygen atoms in total. The van der Waals surface area contributed by atoms with Crippen LogP contribution in [0.2, 0.25) is 10.0 Å². The monoisotopic (exact) mass is 469 g/mol. The highest BCUT2D eigenvalue weighted by atomic mass is 35.5. The van der Waals surface area contributed by atoms with Crippen LogP contribution < -0.4 is 4.74 Å². The first-order chi connectivity index (χ1) is 14.8. The number of nitrogens with one attached hydrogen (secondary N) is 1. The van der Waals surface area contributed by atoms with E-state index < -0.39 is 11.7 Å². The fraction of sp³-hybridized carbons (Fsp3) is 0.211. The molecule has 2 aromatic carbocycles. The number of nitrogens with zero attached hydrogens (tertiary/aromatic N) is 4. The normalized spacial score (nSPS) is 14.7. The van der Waals surface area contributed by atoms with Crippen LogP contribution in [0.25, 0.3) is 28.4 Å². The Balaban J connectivity index is 1.66. The summed E-state index contributed by atoms with van der Waals surface area (Å²) in [5.74, 6) is 0.391. The molecule has 1 aliphatic heterocycles. The Hall–Kier alpha value is -2.82. The molecule has 0 radical (unpaired) electrons. The summed E-state index contributed by atoms with van der Waals surface area (Å²) in [4.78, 5) is 7.24. The third kappa shape index (κ3) is 3.60. The van der Waals surface area contributed by atoms with E-state index in [4.69, 9.17) is 32.7 Å². The largest absolute Gasteiger partial charge is 0.455 e. The minimum atomic E-state index is -4.47. The van der Waals surface area contributed by atoms with Gasteiger partial charge in [0.2, 0.25) is 5.82 Å². The molecular weight excluding hydrogens is 458 g/mol. The van der Waals surface area contributed by atoms with Gasteiger partial charge in [0.25, 0.3) is 0 Å². The number of fused-ring (bicyclic) bond motifs is 1. The maximum atomic E-state index is 13.1. The van der Waals surface area contributed by atoms with Crippen LogP contribution in [-0.4, -0.2) is 44.1 Å². The Morgan fingerprint density at radius 1 is 1.13 bits per heavy atom. The second-order valence-corrected chi connectivity index (χ2v) is 7.59. The molecule has 0 spiro atoms. The number of hydrogen-bond acceptors (Lipinski definition) is 5. The van der Waals surface area contributed by atoms with E-state index in [-0.39, 0.29) is 34.3 Å². The lowest BCUT2D eigenvalue weighted by atomic mass is 10.2. The zero-order valence-electron chi connectivity index (χ0n) is 15.5. The Bertz CT molecular complexity index is 1280. The molecule has 2 aromatic heterocycles. The van der Waals surface area contributed by atoms with Crippen molar-refractivity contribution >= 4 is 34.2 Å². The second-order valence-electron chi connectivity index (χ2n) is 6.81. The van der Waals surface area contributed by atoms with Crippen molar-refractivity contribution in [3.8, 4) is 23.3 Å². The van der Waals surface area contributed by atoms with E-state index in [1.807, 2.05) is 0 Å². The minimum Gasteiger partial charge on any atom is -0.455 e. The van der Waals surface area contributed by atoms with Crippen molar-refractivity contribution in [1.82, 2.24) is 24.7 Å². The highest BCUT2D eigenvalue weighted by Crippen LogP contribution is 2.35. The van der Waals surface area contributed by atoms with Gasteiger partial charge < -0.3 is 14.5 Å². The van der Waals surface area contributed by atoms with Crippen LogP contribution in [0.15, 0.2) is 36.4 Å². The van der Waals surface area contributed by atoms with Crippen molar-refractivity contribution in [3.63, 3.8) is 0 Å². The average molecular weight is 470 g/mol. The molecule has 31 heavy (non-hydrogen) atoms. The summed E-state index contributed by atoms with van der Waals surface area (Å²) in [5, 5.41) is 8.76. The van der Waals surface area contributed by atoms with E-state index >= 15 is 0 Å². The lowest BCUT2D eigenvalue weighted by molar-refractivity contribution is -0.137. The van der Waals surface area contributed by atoms with Gasteiger partial charge in [-0.2, -0.15) is 13.2 Å². The van der Waals surface area contributed by atoms with Crippen molar-refractivity contribution < 1.29 is 22.6 Å². The number of halogens is 5. The predicted octanol–water partition coefficient (Wildman–Crippen LogP) is 4.91. The van der Waals surface area contributed by atoms with Gasteiger partial charge in [-0.15, -0.1) is 5.10 Å². The van der Waals surface area contributed by atoms with Crippen LogP contribution in [-0.2, 0) is 10.9 Å². The van der Waals surface area contributed by atoms with Crippen molar-refractivity contribution in [3.05, 3.63) is 52.0 Å². The number of imidazole rings is 1. The van der Waals surface area contributed by atoms with E-state index in [0.717, 1.165) is 12.1 Å². The number of hydrogen-bond donors (Lipinski definition) is 1. The van der Waals surface area contributed by atoms with Crippen LogP contribution in [0, 0.1) is 0 Å². The van der Waals surface area contributed by atoms with Crippen molar-refractivity contribution in [2.45, 2.75) is 12.3 Å². The Morgan fingerprint density at radius 2 is 1.94 bits per heavy atom. The second kappa shape index (κ2) is 7.40. The molecule has 0 atom stereocenters. The molecule has 5 rings (SSSR count). The molecular formula is C19H12Cl2F3N5O2. The summed E-state index contributed by atoms with van der Waals surface area (Å²) >= 11 is 12.6. The standard InChI is InChI=1S/C19H12Cl2F3N5O2/c20-11-2-1-3-14(15(11)21)29-17(27-28-18(29)31-10-7-30-8-10)16-25-12-5-4-9(19(22,23)24)6-13(12)26-16/h1-6,10H,7-8H2,(H,25,26). The summed E-state index contributed by atoms with van der Waals surface area (Å²) < 4.78 is 51.7. The number of ether oxygens (including phenoxy) is 2. The zero-order valence-corrected chi connectivity index (χ0v) is 17.0. The Kier molecular flexibility index (Phi) is 4.80. The van der Waals surface area contributed by atoms with E-state index in [1.165, 1.54) is 10.6 Å². The molecule has 12 heteroatoms. The summed E-state index contributed by atoms with van der Waals surface area (Å²) in [6.45, 7) is 0.798. The molecule has 0 amide bonds. The molecule has 1 aliphatic rings. The Morgan fingerprint density at radius 3 is 2.65 bits per heavy atom. The third-order valence-corrected chi connectivity index (χ3v) is 5.51. The van der Waals surface area contributed by atoms with E-state index in [2.05, 4.69) is 20.2 Å². The molecule has 3 heterocycles. The molecule has 4 aromatic rings. The number of aromatic nitrogens is 5. The first-order valence-corrected chi connectivity index (χ1v) is 9.78.